The Balaban J connectivity index is 2.12. The van der Waals surface area contributed by atoms with Crippen molar-refractivity contribution in [1.82, 2.24) is 4.91 Å². The molecule has 2 saturated heterocycles. The highest BCUT2D eigenvalue weighted by molar-refractivity contribution is 4.92. The number of aliphatic hydroxyl groups is 1. The Morgan fingerprint density at radius 2 is 2.20 bits per heavy atom. The molecule has 15 heavy (non-hydrogen) atoms. The highest BCUT2D eigenvalue weighted by Gasteiger charge is 2.52. The van der Waals surface area contributed by atoms with Crippen molar-refractivity contribution < 1.29 is 19.3 Å². The van der Waals surface area contributed by atoms with Crippen molar-refractivity contribution in [3.05, 3.63) is 0 Å². The van der Waals surface area contributed by atoms with Gasteiger partial charge >= 0.3 is 0 Å². The van der Waals surface area contributed by atoms with Crippen LogP contribution in [0.15, 0.2) is 5.11 Å². The molecule has 2 aliphatic heterocycles. The summed E-state index contributed by atoms with van der Waals surface area (Å²) in [5.41, 5.74) is 6.62. The van der Waals surface area contributed by atoms with Gasteiger partial charge in [0.1, 0.15) is 22.9 Å². The number of rotatable bonds is 1. The van der Waals surface area contributed by atoms with Gasteiger partial charge in [-0.3, -0.25) is 0 Å². The summed E-state index contributed by atoms with van der Waals surface area (Å²) < 4.78 is 16.2. The quantitative estimate of drug-likeness (QED) is 0.467. The molecule has 0 aromatic rings. The number of nitrogens with zero attached hydrogens (tertiary/aromatic N) is 2. The summed E-state index contributed by atoms with van der Waals surface area (Å²) in [5.74, 6) is -0.761. The SMILES string of the molecule is CC1(C)OC2OCC(N=[N+]=N)C(O)C2O1. The van der Waals surface area contributed by atoms with Gasteiger partial charge in [0.25, 0.3) is 0 Å². The zero-order chi connectivity index (χ0) is 11.1. The molecule has 0 aromatic heterocycles. The third-order valence-electron chi connectivity index (χ3n) is 2.46. The summed E-state index contributed by atoms with van der Waals surface area (Å²) in [6.07, 6.45) is -1.98. The molecule has 0 saturated carbocycles. The number of fused-ring (bicyclic) bond motifs is 1. The second-order valence-corrected chi connectivity index (χ2v) is 4.08. The zero-order valence-corrected chi connectivity index (χ0v) is 8.58. The first-order valence-electron chi connectivity index (χ1n) is 4.75. The highest BCUT2D eigenvalue weighted by Crippen LogP contribution is 2.34. The molecule has 0 aromatic carbocycles. The molecule has 4 unspecified atom stereocenters. The Morgan fingerprint density at radius 1 is 1.47 bits per heavy atom. The lowest BCUT2D eigenvalue weighted by atomic mass is 10.0. The fourth-order valence-electron chi connectivity index (χ4n) is 1.80. The van der Waals surface area contributed by atoms with Crippen LogP contribution in [0.2, 0.25) is 0 Å². The molecule has 2 heterocycles. The fourth-order valence-corrected chi connectivity index (χ4v) is 1.80. The highest BCUT2D eigenvalue weighted by atomic mass is 16.8. The maximum atomic E-state index is 9.88. The van der Waals surface area contributed by atoms with Gasteiger partial charge in [-0.1, -0.05) is 0 Å². The van der Waals surface area contributed by atoms with E-state index in [2.05, 4.69) is 10.0 Å². The third-order valence-corrected chi connectivity index (χ3v) is 2.46. The minimum absolute atomic E-state index is 0.185. The standard InChI is InChI=1S/C8H14N3O4/c1-8(2)14-6-5(12)4(10-11-9)3-13-7(6)15-8/h4-7,9,12H,3H2,1-2H3/q+1. The predicted octanol–water partition coefficient (Wildman–Crippen LogP) is -0.226. The first kappa shape index (κ1) is 10.7. The lowest BCUT2D eigenvalue weighted by molar-refractivity contribution is -0.198. The van der Waals surface area contributed by atoms with Gasteiger partial charge in [-0.25, -0.2) is 0 Å². The minimum Gasteiger partial charge on any atom is -0.388 e. The van der Waals surface area contributed by atoms with Crippen LogP contribution in [0, 0.1) is 5.53 Å². The minimum atomic E-state index is -0.848. The number of nitrogens with one attached hydrogen (secondary N) is 1. The molecular weight excluding hydrogens is 202 g/mol. The van der Waals surface area contributed by atoms with Gasteiger partial charge in [-0.05, 0) is 13.8 Å². The van der Waals surface area contributed by atoms with Gasteiger partial charge in [0.15, 0.2) is 18.1 Å². The normalized spacial score (nSPS) is 43.1. The van der Waals surface area contributed by atoms with E-state index < -0.39 is 30.3 Å². The Kier molecular flexibility index (Phi) is 2.57. The average Bonchev–Trinajstić information content (AvgIpc) is 2.46. The summed E-state index contributed by atoms with van der Waals surface area (Å²) in [7, 11) is 0. The summed E-state index contributed by atoms with van der Waals surface area (Å²) >= 11 is 0. The van der Waals surface area contributed by atoms with Crippen LogP contribution in [0.3, 0.4) is 0 Å². The van der Waals surface area contributed by atoms with E-state index in [9.17, 15) is 5.11 Å². The van der Waals surface area contributed by atoms with Gasteiger partial charge < -0.3 is 19.3 Å². The molecule has 2 rings (SSSR count). The second-order valence-electron chi connectivity index (χ2n) is 4.08. The predicted molar refractivity (Wildman–Crippen MR) is 46.9 cm³/mol. The number of hydrogen-bond donors (Lipinski definition) is 2. The Labute approximate surface area is 86.6 Å². The number of hydrogen-bond acceptors (Lipinski definition) is 6. The molecule has 84 valence electrons. The van der Waals surface area contributed by atoms with Crippen molar-refractivity contribution in [3.63, 3.8) is 0 Å². The van der Waals surface area contributed by atoms with Crippen LogP contribution < -0.4 is 4.91 Å². The maximum absolute atomic E-state index is 9.88. The van der Waals surface area contributed by atoms with Crippen molar-refractivity contribution >= 4 is 0 Å². The average molecular weight is 216 g/mol. The van der Waals surface area contributed by atoms with Crippen LogP contribution in [0.5, 0.6) is 0 Å². The first-order valence-corrected chi connectivity index (χ1v) is 4.75. The Morgan fingerprint density at radius 3 is 2.87 bits per heavy atom. The molecule has 0 amide bonds. The molecule has 2 fully saturated rings. The molecule has 0 aliphatic carbocycles. The molecule has 7 heteroatoms. The van der Waals surface area contributed by atoms with Gasteiger partial charge in [-0.2, -0.15) is 0 Å². The Hall–Kier alpha value is -0.850. The van der Waals surface area contributed by atoms with Crippen molar-refractivity contribution in [2.75, 3.05) is 6.61 Å². The lowest BCUT2D eigenvalue weighted by Gasteiger charge is -2.29. The van der Waals surface area contributed by atoms with Crippen LogP contribution in [-0.4, -0.2) is 42.0 Å². The van der Waals surface area contributed by atoms with E-state index in [1.807, 2.05) is 0 Å². The second kappa shape index (κ2) is 3.62. The maximum Gasteiger partial charge on any atom is 0.214 e. The van der Waals surface area contributed by atoms with E-state index in [4.69, 9.17) is 19.7 Å². The third kappa shape index (κ3) is 1.92. The van der Waals surface area contributed by atoms with Gasteiger partial charge in [0.05, 0.1) is 6.61 Å². The van der Waals surface area contributed by atoms with Crippen molar-refractivity contribution in [1.29, 1.82) is 5.53 Å². The largest absolute Gasteiger partial charge is 0.388 e. The van der Waals surface area contributed by atoms with Crippen LogP contribution >= 0.6 is 0 Å². The van der Waals surface area contributed by atoms with E-state index in [-0.39, 0.29) is 6.61 Å². The van der Waals surface area contributed by atoms with E-state index in [1.165, 1.54) is 0 Å². The van der Waals surface area contributed by atoms with Crippen molar-refractivity contribution in [2.45, 2.75) is 44.2 Å². The van der Waals surface area contributed by atoms with Crippen LogP contribution in [-0.2, 0) is 14.2 Å². The summed E-state index contributed by atoms with van der Waals surface area (Å²) in [4.78, 5) is 2.90. The topological polar surface area (TPSA) is 98.2 Å². The number of aliphatic hydroxyl groups excluding tert-OH is 1. The zero-order valence-electron chi connectivity index (χ0n) is 8.58. The van der Waals surface area contributed by atoms with Gasteiger partial charge in [0, 0.05) is 0 Å². The molecule has 7 nitrogen and oxygen atoms in total. The van der Waals surface area contributed by atoms with E-state index >= 15 is 0 Å². The molecule has 0 radical (unpaired) electrons. The molecule has 0 bridgehead atoms. The van der Waals surface area contributed by atoms with E-state index in [0.29, 0.717) is 0 Å². The molecule has 2 N–H and O–H groups in total. The molecule has 0 spiro atoms. The molecular formula is C8H14N3O4+. The Bertz CT molecular complexity index is 302. The molecule has 2 aliphatic rings. The first-order chi connectivity index (χ1) is 7.03. The van der Waals surface area contributed by atoms with E-state index in [0.717, 1.165) is 0 Å². The van der Waals surface area contributed by atoms with Gasteiger partial charge in [-0.15, -0.1) is 0 Å². The van der Waals surface area contributed by atoms with Crippen LogP contribution in [0.25, 0.3) is 0 Å². The summed E-state index contributed by atoms with van der Waals surface area (Å²) in [6.45, 7) is 3.69. The van der Waals surface area contributed by atoms with Crippen molar-refractivity contribution in [2.24, 2.45) is 5.11 Å². The van der Waals surface area contributed by atoms with Gasteiger partial charge in [0.2, 0.25) is 4.91 Å². The summed E-state index contributed by atoms with van der Waals surface area (Å²) in [5, 5.41) is 13.4. The van der Waals surface area contributed by atoms with Crippen LogP contribution in [0.4, 0.5) is 0 Å². The molecule has 4 atom stereocenters. The van der Waals surface area contributed by atoms with Crippen LogP contribution in [0.1, 0.15) is 13.8 Å². The summed E-state index contributed by atoms with van der Waals surface area (Å²) in [6, 6.07) is -0.554. The number of ether oxygens (including phenoxy) is 3. The van der Waals surface area contributed by atoms with Crippen molar-refractivity contribution in [3.8, 4) is 0 Å². The monoisotopic (exact) mass is 216 g/mol. The van der Waals surface area contributed by atoms with E-state index in [1.54, 1.807) is 13.8 Å². The lowest BCUT2D eigenvalue weighted by Crippen LogP contribution is -2.50. The fraction of sp³-hybridized carbons (Fsp3) is 1.00. The smallest absolute Gasteiger partial charge is 0.214 e.